The first-order valence-electron chi connectivity index (χ1n) is 5.88. The van der Waals surface area contributed by atoms with E-state index in [2.05, 4.69) is 31.5 Å². The number of pyridine rings is 1. The molecular weight excluding hydrogens is 282 g/mol. The van der Waals surface area contributed by atoms with Crippen LogP contribution in [0.5, 0.6) is 0 Å². The van der Waals surface area contributed by atoms with Crippen molar-refractivity contribution in [1.82, 2.24) is 15.6 Å². The molecule has 1 saturated carbocycles. The molecule has 0 aliphatic heterocycles. The predicted molar refractivity (Wildman–Crippen MR) is 69.9 cm³/mol. The molecule has 2 N–H and O–H groups in total. The van der Waals surface area contributed by atoms with Crippen LogP contribution in [-0.4, -0.2) is 30.0 Å². The van der Waals surface area contributed by atoms with Crippen LogP contribution in [0.4, 0.5) is 0 Å². The van der Waals surface area contributed by atoms with Crippen LogP contribution in [0.25, 0.3) is 0 Å². The Hall–Kier alpha value is -0.940. The molecule has 1 aliphatic rings. The number of carbonyl (C=O) groups is 1. The highest BCUT2D eigenvalue weighted by atomic mass is 79.9. The zero-order chi connectivity index (χ0) is 12.1. The zero-order valence-electron chi connectivity index (χ0n) is 9.58. The van der Waals surface area contributed by atoms with E-state index in [1.54, 1.807) is 18.5 Å². The summed E-state index contributed by atoms with van der Waals surface area (Å²) in [5.74, 6) is -0.0646. The number of hydrogen-bond acceptors (Lipinski definition) is 3. The number of rotatable bonds is 6. The molecule has 1 aromatic rings. The number of nitrogens with zero attached hydrogens (tertiary/aromatic N) is 1. The van der Waals surface area contributed by atoms with E-state index in [9.17, 15) is 4.79 Å². The molecule has 5 heteroatoms. The first-order valence-corrected chi connectivity index (χ1v) is 6.67. The lowest BCUT2D eigenvalue weighted by Gasteiger charge is -2.05. The number of carbonyl (C=O) groups excluding carboxylic acids is 1. The van der Waals surface area contributed by atoms with Crippen molar-refractivity contribution >= 4 is 21.8 Å². The van der Waals surface area contributed by atoms with Crippen LogP contribution in [-0.2, 0) is 0 Å². The standard InChI is InChI=1S/C12H16BrN3O/c13-10-6-9(7-14-8-10)12(17)16-5-1-4-15-11-2-3-11/h6-8,11,15H,1-5H2,(H,16,17). The van der Waals surface area contributed by atoms with Gasteiger partial charge in [0.05, 0.1) is 5.56 Å². The highest BCUT2D eigenvalue weighted by Gasteiger charge is 2.19. The van der Waals surface area contributed by atoms with E-state index in [1.165, 1.54) is 12.8 Å². The first-order chi connectivity index (χ1) is 8.25. The minimum atomic E-state index is -0.0646. The fourth-order valence-electron chi connectivity index (χ4n) is 1.52. The molecule has 92 valence electrons. The van der Waals surface area contributed by atoms with Gasteiger partial charge in [-0.2, -0.15) is 0 Å². The van der Waals surface area contributed by atoms with Gasteiger partial charge in [-0.25, -0.2) is 0 Å². The number of aromatic nitrogens is 1. The van der Waals surface area contributed by atoms with E-state index >= 15 is 0 Å². The van der Waals surface area contributed by atoms with Crippen LogP contribution in [0.3, 0.4) is 0 Å². The van der Waals surface area contributed by atoms with Gasteiger partial charge in [-0.1, -0.05) is 0 Å². The molecule has 0 atom stereocenters. The van der Waals surface area contributed by atoms with Gasteiger partial charge in [-0.3, -0.25) is 9.78 Å². The Balaban J connectivity index is 1.65. The lowest BCUT2D eigenvalue weighted by molar-refractivity contribution is 0.0953. The minimum absolute atomic E-state index is 0.0646. The number of hydrogen-bond donors (Lipinski definition) is 2. The lowest BCUT2D eigenvalue weighted by Crippen LogP contribution is -2.28. The molecule has 0 aromatic carbocycles. The Morgan fingerprint density at radius 2 is 2.24 bits per heavy atom. The molecular formula is C12H16BrN3O. The van der Waals surface area contributed by atoms with Crippen molar-refractivity contribution in [1.29, 1.82) is 0 Å². The van der Waals surface area contributed by atoms with Crippen molar-refractivity contribution in [3.05, 3.63) is 28.5 Å². The van der Waals surface area contributed by atoms with Gasteiger partial charge >= 0.3 is 0 Å². The zero-order valence-corrected chi connectivity index (χ0v) is 11.2. The van der Waals surface area contributed by atoms with Crippen molar-refractivity contribution in [3.8, 4) is 0 Å². The van der Waals surface area contributed by atoms with Gasteiger partial charge in [0.25, 0.3) is 5.91 Å². The van der Waals surface area contributed by atoms with E-state index in [4.69, 9.17) is 0 Å². The van der Waals surface area contributed by atoms with E-state index in [0.717, 1.165) is 23.5 Å². The molecule has 1 heterocycles. The van der Waals surface area contributed by atoms with Gasteiger partial charge in [0.15, 0.2) is 0 Å². The molecule has 0 radical (unpaired) electrons. The van der Waals surface area contributed by atoms with Crippen molar-refractivity contribution in [3.63, 3.8) is 0 Å². The van der Waals surface area contributed by atoms with Gasteiger partial charge in [0, 0.05) is 29.5 Å². The summed E-state index contributed by atoms with van der Waals surface area (Å²) in [5, 5.41) is 6.29. The number of nitrogens with one attached hydrogen (secondary N) is 2. The summed E-state index contributed by atoms with van der Waals surface area (Å²) in [4.78, 5) is 15.7. The molecule has 1 fully saturated rings. The maximum Gasteiger partial charge on any atom is 0.252 e. The molecule has 1 aromatic heterocycles. The Bertz CT molecular complexity index is 393. The van der Waals surface area contributed by atoms with Crippen molar-refractivity contribution in [2.24, 2.45) is 0 Å². The third-order valence-electron chi connectivity index (χ3n) is 2.62. The molecule has 0 bridgehead atoms. The van der Waals surface area contributed by atoms with Crippen molar-refractivity contribution in [2.75, 3.05) is 13.1 Å². The SMILES string of the molecule is O=C(NCCCNC1CC1)c1cncc(Br)c1. The molecule has 1 amide bonds. The molecule has 1 aliphatic carbocycles. The Labute approximate surface area is 109 Å². The molecule has 4 nitrogen and oxygen atoms in total. The third-order valence-corrected chi connectivity index (χ3v) is 3.05. The maximum absolute atomic E-state index is 11.7. The van der Waals surface area contributed by atoms with Crippen LogP contribution >= 0.6 is 15.9 Å². The molecule has 2 rings (SSSR count). The molecule has 17 heavy (non-hydrogen) atoms. The second-order valence-corrected chi connectivity index (χ2v) is 5.15. The highest BCUT2D eigenvalue weighted by Crippen LogP contribution is 2.18. The third kappa shape index (κ3) is 4.44. The van der Waals surface area contributed by atoms with Crippen molar-refractivity contribution < 1.29 is 4.79 Å². The monoisotopic (exact) mass is 297 g/mol. The Kier molecular flexibility index (Phi) is 4.50. The smallest absolute Gasteiger partial charge is 0.252 e. The normalized spacial score (nSPS) is 14.6. The topological polar surface area (TPSA) is 54.0 Å². The summed E-state index contributed by atoms with van der Waals surface area (Å²) in [7, 11) is 0. The number of amides is 1. The second kappa shape index (κ2) is 6.12. The lowest BCUT2D eigenvalue weighted by atomic mass is 10.2. The van der Waals surface area contributed by atoms with E-state index in [1.807, 2.05) is 0 Å². The average molecular weight is 298 g/mol. The maximum atomic E-state index is 11.7. The predicted octanol–water partition coefficient (Wildman–Crippen LogP) is 1.72. The van der Waals surface area contributed by atoms with Gasteiger partial charge in [0.2, 0.25) is 0 Å². The fraction of sp³-hybridized carbons (Fsp3) is 0.500. The summed E-state index contributed by atoms with van der Waals surface area (Å²) in [6, 6.07) is 2.50. The molecule has 0 saturated heterocycles. The van der Waals surface area contributed by atoms with Crippen LogP contribution in [0.2, 0.25) is 0 Å². The average Bonchev–Trinajstić information content (AvgIpc) is 3.12. The number of halogens is 1. The van der Waals surface area contributed by atoms with Gasteiger partial charge in [-0.15, -0.1) is 0 Å². The summed E-state index contributed by atoms with van der Waals surface area (Å²) in [6.45, 7) is 1.67. The van der Waals surface area contributed by atoms with Crippen LogP contribution in [0, 0.1) is 0 Å². The Morgan fingerprint density at radius 3 is 2.94 bits per heavy atom. The van der Waals surface area contributed by atoms with Crippen molar-refractivity contribution in [2.45, 2.75) is 25.3 Å². The van der Waals surface area contributed by atoms with Gasteiger partial charge in [0.1, 0.15) is 0 Å². The Morgan fingerprint density at radius 1 is 1.41 bits per heavy atom. The fourth-order valence-corrected chi connectivity index (χ4v) is 1.89. The second-order valence-electron chi connectivity index (χ2n) is 4.23. The van der Waals surface area contributed by atoms with E-state index < -0.39 is 0 Å². The quantitative estimate of drug-likeness (QED) is 0.786. The summed E-state index contributed by atoms with van der Waals surface area (Å²) < 4.78 is 0.820. The molecule has 0 spiro atoms. The van der Waals surface area contributed by atoms with Gasteiger partial charge in [-0.05, 0) is 47.8 Å². The minimum Gasteiger partial charge on any atom is -0.352 e. The highest BCUT2D eigenvalue weighted by molar-refractivity contribution is 9.10. The summed E-state index contributed by atoms with van der Waals surface area (Å²) in [5.41, 5.74) is 0.592. The summed E-state index contributed by atoms with van der Waals surface area (Å²) in [6.07, 6.45) is 6.80. The molecule has 0 unspecified atom stereocenters. The summed E-state index contributed by atoms with van der Waals surface area (Å²) >= 11 is 3.29. The van der Waals surface area contributed by atoms with Crippen LogP contribution in [0.1, 0.15) is 29.6 Å². The van der Waals surface area contributed by atoms with Crippen LogP contribution in [0.15, 0.2) is 22.9 Å². The first kappa shape index (κ1) is 12.5. The van der Waals surface area contributed by atoms with E-state index in [0.29, 0.717) is 12.1 Å². The largest absolute Gasteiger partial charge is 0.352 e. The van der Waals surface area contributed by atoms with E-state index in [-0.39, 0.29) is 5.91 Å². The van der Waals surface area contributed by atoms with Gasteiger partial charge < -0.3 is 10.6 Å². The van der Waals surface area contributed by atoms with Crippen LogP contribution < -0.4 is 10.6 Å².